The van der Waals surface area contributed by atoms with Crippen LogP contribution in [0.4, 0.5) is 0 Å². The van der Waals surface area contributed by atoms with Crippen molar-refractivity contribution in [2.24, 2.45) is 5.73 Å². The van der Waals surface area contributed by atoms with Crippen LogP contribution in [0.5, 0.6) is 0 Å². The van der Waals surface area contributed by atoms with Crippen molar-refractivity contribution < 1.29 is 5.11 Å². The lowest BCUT2D eigenvalue weighted by molar-refractivity contribution is 0.135. The normalized spacial score (nSPS) is 33.8. The van der Waals surface area contributed by atoms with Crippen molar-refractivity contribution in [1.29, 1.82) is 0 Å². The first-order chi connectivity index (χ1) is 5.61. The molecule has 0 unspecified atom stereocenters. The SMILES string of the molecule is CC(C)N1CC[C@@H](O)[C@@H](N)CC1. The predicted molar refractivity (Wildman–Crippen MR) is 49.9 cm³/mol. The molecule has 72 valence electrons. The summed E-state index contributed by atoms with van der Waals surface area (Å²) in [4.78, 5) is 2.37. The van der Waals surface area contributed by atoms with Gasteiger partial charge in [-0.05, 0) is 33.2 Å². The van der Waals surface area contributed by atoms with E-state index in [0.717, 1.165) is 25.9 Å². The van der Waals surface area contributed by atoms with Crippen LogP contribution in [0.2, 0.25) is 0 Å². The van der Waals surface area contributed by atoms with Gasteiger partial charge in [0.2, 0.25) is 0 Å². The fraction of sp³-hybridized carbons (Fsp3) is 1.00. The van der Waals surface area contributed by atoms with Crippen LogP contribution in [0.1, 0.15) is 26.7 Å². The third-order valence-electron chi connectivity index (χ3n) is 2.69. The van der Waals surface area contributed by atoms with Crippen molar-refractivity contribution in [3.63, 3.8) is 0 Å². The molecule has 0 amide bonds. The average Bonchev–Trinajstić information content (AvgIpc) is 2.16. The van der Waals surface area contributed by atoms with Gasteiger partial charge in [-0.15, -0.1) is 0 Å². The summed E-state index contributed by atoms with van der Waals surface area (Å²) in [6, 6.07) is 0.552. The summed E-state index contributed by atoms with van der Waals surface area (Å²) in [5, 5.41) is 9.51. The molecule has 0 aromatic carbocycles. The van der Waals surface area contributed by atoms with Gasteiger partial charge in [0.15, 0.2) is 0 Å². The Morgan fingerprint density at radius 1 is 1.33 bits per heavy atom. The number of rotatable bonds is 1. The van der Waals surface area contributed by atoms with Gasteiger partial charge in [0.05, 0.1) is 6.10 Å². The van der Waals surface area contributed by atoms with Crippen molar-refractivity contribution in [2.75, 3.05) is 13.1 Å². The first kappa shape index (κ1) is 9.96. The van der Waals surface area contributed by atoms with E-state index in [1.807, 2.05) is 0 Å². The Kier molecular flexibility index (Phi) is 3.50. The van der Waals surface area contributed by atoms with E-state index < -0.39 is 0 Å². The molecule has 2 atom stereocenters. The van der Waals surface area contributed by atoms with Crippen LogP contribution in [-0.2, 0) is 0 Å². The van der Waals surface area contributed by atoms with Crippen LogP contribution in [0.15, 0.2) is 0 Å². The van der Waals surface area contributed by atoms with Gasteiger partial charge in [0.25, 0.3) is 0 Å². The topological polar surface area (TPSA) is 49.5 Å². The fourth-order valence-corrected chi connectivity index (χ4v) is 1.65. The van der Waals surface area contributed by atoms with Crippen LogP contribution >= 0.6 is 0 Å². The van der Waals surface area contributed by atoms with Gasteiger partial charge in [-0.2, -0.15) is 0 Å². The molecular formula is C9H20N2O. The molecule has 1 heterocycles. The Bertz CT molecular complexity index is 126. The van der Waals surface area contributed by atoms with Gasteiger partial charge in [-0.3, -0.25) is 0 Å². The summed E-state index contributed by atoms with van der Waals surface area (Å²) < 4.78 is 0. The van der Waals surface area contributed by atoms with Crippen molar-refractivity contribution in [3.05, 3.63) is 0 Å². The van der Waals surface area contributed by atoms with Crippen LogP contribution in [-0.4, -0.2) is 41.3 Å². The Morgan fingerprint density at radius 3 is 2.50 bits per heavy atom. The highest BCUT2D eigenvalue weighted by molar-refractivity contribution is 4.80. The highest BCUT2D eigenvalue weighted by Crippen LogP contribution is 2.12. The number of hydrogen-bond donors (Lipinski definition) is 2. The minimum absolute atomic E-state index is 0.0197. The Morgan fingerprint density at radius 2 is 1.92 bits per heavy atom. The van der Waals surface area contributed by atoms with Crippen molar-refractivity contribution >= 4 is 0 Å². The highest BCUT2D eigenvalue weighted by Gasteiger charge is 2.22. The Labute approximate surface area is 74.5 Å². The van der Waals surface area contributed by atoms with Crippen molar-refractivity contribution in [2.45, 2.75) is 44.9 Å². The Balaban J connectivity index is 2.44. The minimum Gasteiger partial charge on any atom is -0.391 e. The second kappa shape index (κ2) is 4.21. The minimum atomic E-state index is -0.297. The maximum atomic E-state index is 9.51. The zero-order valence-electron chi connectivity index (χ0n) is 8.03. The maximum Gasteiger partial charge on any atom is 0.0703 e. The van der Waals surface area contributed by atoms with Crippen molar-refractivity contribution in [1.82, 2.24) is 4.90 Å². The molecule has 0 bridgehead atoms. The van der Waals surface area contributed by atoms with E-state index in [1.54, 1.807) is 0 Å². The molecule has 3 N–H and O–H groups in total. The van der Waals surface area contributed by atoms with E-state index >= 15 is 0 Å². The molecule has 3 heteroatoms. The van der Waals surface area contributed by atoms with Crippen LogP contribution in [0, 0.1) is 0 Å². The molecule has 1 rings (SSSR count). The zero-order valence-corrected chi connectivity index (χ0v) is 8.03. The lowest BCUT2D eigenvalue weighted by Crippen LogP contribution is -2.34. The molecule has 0 saturated carbocycles. The van der Waals surface area contributed by atoms with E-state index in [1.165, 1.54) is 0 Å². The van der Waals surface area contributed by atoms with Gasteiger partial charge < -0.3 is 15.7 Å². The van der Waals surface area contributed by atoms with Crippen LogP contribution in [0.3, 0.4) is 0 Å². The lowest BCUT2D eigenvalue weighted by Gasteiger charge is -2.23. The van der Waals surface area contributed by atoms with Crippen LogP contribution in [0.25, 0.3) is 0 Å². The number of aliphatic hydroxyl groups excluding tert-OH is 1. The molecule has 0 aliphatic carbocycles. The molecule has 1 aliphatic heterocycles. The maximum absolute atomic E-state index is 9.51. The summed E-state index contributed by atoms with van der Waals surface area (Å²) in [6.07, 6.45) is 1.44. The molecule has 1 aliphatic rings. The number of likely N-dealkylation sites (tertiary alicyclic amines) is 1. The fourth-order valence-electron chi connectivity index (χ4n) is 1.65. The van der Waals surface area contributed by atoms with Gasteiger partial charge in [-0.25, -0.2) is 0 Å². The first-order valence-electron chi connectivity index (χ1n) is 4.79. The molecule has 1 fully saturated rings. The predicted octanol–water partition coefficient (Wildman–Crippen LogP) is 0.179. The summed E-state index contributed by atoms with van der Waals surface area (Å²) >= 11 is 0. The monoisotopic (exact) mass is 172 g/mol. The second-order valence-electron chi connectivity index (χ2n) is 3.94. The third-order valence-corrected chi connectivity index (χ3v) is 2.69. The smallest absolute Gasteiger partial charge is 0.0703 e. The summed E-state index contributed by atoms with van der Waals surface area (Å²) in [5.74, 6) is 0. The van der Waals surface area contributed by atoms with E-state index in [0.29, 0.717) is 6.04 Å². The van der Waals surface area contributed by atoms with E-state index in [4.69, 9.17) is 5.73 Å². The number of hydrogen-bond acceptors (Lipinski definition) is 3. The molecule has 0 spiro atoms. The van der Waals surface area contributed by atoms with Gasteiger partial charge >= 0.3 is 0 Å². The molecule has 0 radical (unpaired) electrons. The van der Waals surface area contributed by atoms with Gasteiger partial charge in [-0.1, -0.05) is 0 Å². The quantitative estimate of drug-likeness (QED) is 0.593. The third kappa shape index (κ3) is 2.44. The number of aliphatic hydroxyl groups is 1. The molecule has 12 heavy (non-hydrogen) atoms. The second-order valence-corrected chi connectivity index (χ2v) is 3.94. The standard InChI is InChI=1S/C9H20N2O/c1-7(2)11-5-3-8(10)9(12)4-6-11/h7-9,12H,3-6,10H2,1-2H3/t8-,9+/m0/s1. The molecule has 0 aromatic rings. The van der Waals surface area contributed by atoms with E-state index in [2.05, 4.69) is 18.7 Å². The number of nitrogens with two attached hydrogens (primary N) is 1. The Hall–Kier alpha value is -0.120. The number of nitrogens with zero attached hydrogens (tertiary/aromatic N) is 1. The van der Waals surface area contributed by atoms with E-state index in [-0.39, 0.29) is 12.1 Å². The van der Waals surface area contributed by atoms with Crippen molar-refractivity contribution in [3.8, 4) is 0 Å². The lowest BCUT2D eigenvalue weighted by atomic mass is 10.1. The van der Waals surface area contributed by atoms with E-state index in [9.17, 15) is 5.11 Å². The first-order valence-corrected chi connectivity index (χ1v) is 4.79. The average molecular weight is 172 g/mol. The van der Waals surface area contributed by atoms with Crippen LogP contribution < -0.4 is 5.73 Å². The molecule has 3 nitrogen and oxygen atoms in total. The van der Waals surface area contributed by atoms with Gasteiger partial charge in [0.1, 0.15) is 0 Å². The molecule has 0 aromatic heterocycles. The molecular weight excluding hydrogens is 152 g/mol. The summed E-state index contributed by atoms with van der Waals surface area (Å²) in [6.45, 7) is 6.37. The summed E-state index contributed by atoms with van der Waals surface area (Å²) in [7, 11) is 0. The van der Waals surface area contributed by atoms with Gasteiger partial charge in [0, 0.05) is 18.6 Å². The zero-order chi connectivity index (χ0) is 9.14. The highest BCUT2D eigenvalue weighted by atomic mass is 16.3. The largest absolute Gasteiger partial charge is 0.391 e. The molecule has 1 saturated heterocycles. The summed E-state index contributed by atoms with van der Waals surface area (Å²) in [5.41, 5.74) is 5.76.